The van der Waals surface area contributed by atoms with Gasteiger partial charge >= 0.3 is 0 Å². The quantitative estimate of drug-likeness (QED) is 0.559. The van der Waals surface area contributed by atoms with Gasteiger partial charge in [-0.3, -0.25) is 19.3 Å². The molecule has 1 aliphatic heterocycles. The summed E-state index contributed by atoms with van der Waals surface area (Å²) in [5.74, 6) is 1.89. The number of amides is 3. The molecule has 0 radical (unpaired) electrons. The molecule has 3 aliphatic carbocycles. The van der Waals surface area contributed by atoms with E-state index in [-0.39, 0.29) is 46.1 Å². The molecule has 0 spiro atoms. The number of benzene rings is 1. The van der Waals surface area contributed by atoms with E-state index in [0.29, 0.717) is 29.1 Å². The van der Waals surface area contributed by atoms with Gasteiger partial charge in [0.2, 0.25) is 5.91 Å². The Kier molecular flexibility index (Phi) is 6.32. The van der Waals surface area contributed by atoms with E-state index in [1.807, 2.05) is 20.8 Å². The van der Waals surface area contributed by atoms with E-state index in [4.69, 9.17) is 4.74 Å². The van der Waals surface area contributed by atoms with Gasteiger partial charge in [0.15, 0.2) is 0 Å². The molecule has 200 valence electrons. The van der Waals surface area contributed by atoms with Crippen molar-refractivity contribution in [3.63, 3.8) is 0 Å². The summed E-state index contributed by atoms with van der Waals surface area (Å²) in [6.07, 6.45) is 9.59. The highest BCUT2D eigenvalue weighted by molar-refractivity contribution is 6.09. The number of carbonyl (C=O) groups is 3. The molecular weight excluding hydrogens is 464 g/mol. The Morgan fingerprint density at radius 3 is 2.35 bits per heavy atom. The highest BCUT2D eigenvalue weighted by atomic mass is 16.5. The summed E-state index contributed by atoms with van der Waals surface area (Å²) in [5, 5.41) is 3.25. The lowest BCUT2D eigenvalue weighted by atomic mass is 9.47. The Balaban J connectivity index is 1.40. The highest BCUT2D eigenvalue weighted by Gasteiger charge is 2.62. The topological polar surface area (TPSA) is 75.7 Å². The van der Waals surface area contributed by atoms with Crippen LogP contribution in [0.15, 0.2) is 36.4 Å². The molecule has 37 heavy (non-hydrogen) atoms. The van der Waals surface area contributed by atoms with Crippen LogP contribution in [0.5, 0.6) is 5.75 Å². The molecule has 3 fully saturated rings. The van der Waals surface area contributed by atoms with Crippen molar-refractivity contribution in [2.75, 3.05) is 7.11 Å². The van der Waals surface area contributed by atoms with E-state index in [1.54, 1.807) is 37.5 Å². The van der Waals surface area contributed by atoms with Gasteiger partial charge in [0.05, 0.1) is 7.11 Å². The van der Waals surface area contributed by atoms with Crippen LogP contribution in [0.2, 0.25) is 0 Å². The van der Waals surface area contributed by atoms with Crippen molar-refractivity contribution in [2.24, 2.45) is 34.5 Å². The summed E-state index contributed by atoms with van der Waals surface area (Å²) in [6.45, 7) is 10.8. The number of nitrogens with zero attached hydrogens (tertiary/aromatic N) is 1. The number of ether oxygens (including phenoxy) is 1. The lowest BCUT2D eigenvalue weighted by molar-refractivity contribution is -0.141. The number of imide groups is 1. The average molecular weight is 507 g/mol. The molecule has 6 nitrogen and oxygen atoms in total. The maximum absolute atomic E-state index is 13.6. The summed E-state index contributed by atoms with van der Waals surface area (Å²) in [5.41, 5.74) is 0.0280. The summed E-state index contributed by atoms with van der Waals surface area (Å²) in [7, 11) is 1.60. The smallest absolute Gasteiger partial charge is 0.261 e. The molecule has 0 bridgehead atoms. The minimum Gasteiger partial charge on any atom is -0.497 e. The fourth-order valence-electron chi connectivity index (χ4n) is 8.50. The van der Waals surface area contributed by atoms with Crippen LogP contribution in [0.25, 0.3) is 0 Å². The Morgan fingerprint density at radius 1 is 1.00 bits per heavy atom. The van der Waals surface area contributed by atoms with Gasteiger partial charge in [-0.05, 0) is 107 Å². The second-order valence-electron chi connectivity index (χ2n) is 13.3. The number of carbonyl (C=O) groups excluding carboxylic acids is 3. The van der Waals surface area contributed by atoms with Gasteiger partial charge in [-0.1, -0.05) is 19.9 Å². The third-order valence-electron chi connectivity index (χ3n) is 10.2. The number of nitrogens with one attached hydrogen (secondary N) is 1. The van der Waals surface area contributed by atoms with Gasteiger partial charge in [0, 0.05) is 34.6 Å². The first-order chi connectivity index (χ1) is 17.4. The SMILES string of the molecule is COc1ccc(C(=O)N2C(=O)C=C[C@]3(C)C4CC[C@]5(C)C(C(=O)NC(C)(C)C)CCC5C4CC[C@@H]23)cc1. The normalized spacial score (nSPS) is 36.9. The van der Waals surface area contributed by atoms with Crippen molar-refractivity contribution in [1.82, 2.24) is 10.2 Å². The van der Waals surface area contributed by atoms with Crippen LogP contribution in [0, 0.1) is 34.5 Å². The zero-order valence-electron chi connectivity index (χ0n) is 23.2. The molecule has 0 saturated heterocycles. The molecular formula is C31H42N2O4. The molecule has 1 aromatic carbocycles. The predicted octanol–water partition coefficient (Wildman–Crippen LogP) is 5.38. The van der Waals surface area contributed by atoms with Gasteiger partial charge in [-0.25, -0.2) is 0 Å². The van der Waals surface area contributed by atoms with Crippen LogP contribution < -0.4 is 10.1 Å². The van der Waals surface area contributed by atoms with Crippen molar-refractivity contribution in [3.05, 3.63) is 42.0 Å². The van der Waals surface area contributed by atoms with Crippen molar-refractivity contribution in [3.8, 4) is 5.75 Å². The van der Waals surface area contributed by atoms with Crippen molar-refractivity contribution in [2.45, 2.75) is 84.7 Å². The first-order valence-corrected chi connectivity index (χ1v) is 13.9. The van der Waals surface area contributed by atoms with Crippen molar-refractivity contribution >= 4 is 17.7 Å². The number of methoxy groups -OCH3 is 1. The molecule has 1 N–H and O–H groups in total. The van der Waals surface area contributed by atoms with Crippen LogP contribution in [0.4, 0.5) is 0 Å². The minimum atomic E-state index is -0.258. The van der Waals surface area contributed by atoms with E-state index in [9.17, 15) is 14.4 Å². The molecule has 1 aromatic rings. The largest absolute Gasteiger partial charge is 0.497 e. The molecule has 3 amide bonds. The molecule has 4 unspecified atom stereocenters. The molecule has 4 aliphatic rings. The van der Waals surface area contributed by atoms with Gasteiger partial charge in [0.25, 0.3) is 11.8 Å². The predicted molar refractivity (Wildman–Crippen MR) is 143 cm³/mol. The van der Waals surface area contributed by atoms with Gasteiger partial charge < -0.3 is 10.1 Å². The highest BCUT2D eigenvalue weighted by Crippen LogP contribution is 2.65. The molecule has 6 heteroatoms. The summed E-state index contributed by atoms with van der Waals surface area (Å²) < 4.78 is 5.24. The minimum absolute atomic E-state index is 0.00645. The average Bonchev–Trinajstić information content (AvgIpc) is 3.20. The monoisotopic (exact) mass is 506 g/mol. The summed E-state index contributed by atoms with van der Waals surface area (Å²) in [4.78, 5) is 41.5. The Bertz CT molecular complexity index is 1120. The number of fused-ring (bicyclic) bond motifs is 5. The molecule has 1 heterocycles. The van der Waals surface area contributed by atoms with E-state index < -0.39 is 0 Å². The zero-order chi connectivity index (χ0) is 26.8. The molecule has 3 saturated carbocycles. The number of rotatable bonds is 3. The Labute approximate surface area is 221 Å². The second kappa shape index (κ2) is 8.99. The fourth-order valence-corrected chi connectivity index (χ4v) is 8.50. The van der Waals surface area contributed by atoms with Crippen LogP contribution >= 0.6 is 0 Å². The molecule has 7 atom stereocenters. The molecule has 0 aromatic heterocycles. The van der Waals surface area contributed by atoms with Crippen LogP contribution in [-0.4, -0.2) is 41.3 Å². The standard InChI is InChI=1S/C31H42N2O4/c1-29(2,3)32-27(35)24-13-12-22-21-11-14-25-31(5,23(21)15-17-30(22,24)4)18-16-26(34)33(25)28(36)19-7-9-20(37-6)10-8-19/h7-10,16,18,21-25H,11-15,17H2,1-6H3,(H,32,35)/t21?,22?,23?,24?,25-,30+,31-/m1/s1. The third kappa shape index (κ3) is 4.21. The van der Waals surface area contributed by atoms with Gasteiger partial charge in [0.1, 0.15) is 5.75 Å². The lowest BCUT2D eigenvalue weighted by Gasteiger charge is -2.60. The van der Waals surface area contributed by atoms with E-state index in [0.717, 1.165) is 38.5 Å². The molecule has 5 rings (SSSR count). The van der Waals surface area contributed by atoms with E-state index in [1.165, 1.54) is 4.90 Å². The van der Waals surface area contributed by atoms with Crippen molar-refractivity contribution in [1.29, 1.82) is 0 Å². The maximum Gasteiger partial charge on any atom is 0.261 e. The zero-order valence-corrected chi connectivity index (χ0v) is 23.2. The van der Waals surface area contributed by atoms with Gasteiger partial charge in [-0.15, -0.1) is 0 Å². The second-order valence-corrected chi connectivity index (χ2v) is 13.3. The van der Waals surface area contributed by atoms with E-state index in [2.05, 4.69) is 25.2 Å². The number of hydrogen-bond acceptors (Lipinski definition) is 4. The van der Waals surface area contributed by atoms with Gasteiger partial charge in [-0.2, -0.15) is 0 Å². The lowest BCUT2D eigenvalue weighted by Crippen LogP contribution is -2.62. The van der Waals surface area contributed by atoms with Crippen LogP contribution in [0.3, 0.4) is 0 Å². The first kappa shape index (κ1) is 26.0. The van der Waals surface area contributed by atoms with E-state index >= 15 is 0 Å². The Hall–Kier alpha value is -2.63. The first-order valence-electron chi connectivity index (χ1n) is 13.9. The third-order valence-corrected chi connectivity index (χ3v) is 10.2. The maximum atomic E-state index is 13.6. The fraction of sp³-hybridized carbons (Fsp3) is 0.645. The summed E-state index contributed by atoms with van der Waals surface area (Å²) >= 11 is 0. The van der Waals surface area contributed by atoms with Crippen LogP contribution in [0.1, 0.15) is 83.5 Å². The van der Waals surface area contributed by atoms with Crippen LogP contribution in [-0.2, 0) is 9.59 Å². The Morgan fingerprint density at radius 2 is 1.70 bits per heavy atom. The van der Waals surface area contributed by atoms with Crippen molar-refractivity contribution < 1.29 is 19.1 Å². The summed E-state index contributed by atoms with van der Waals surface area (Å²) in [6, 6.07) is 6.86. The number of hydrogen-bond donors (Lipinski definition) is 1.